The smallest absolute Gasteiger partial charge is 0.405 e. The van der Waals surface area contributed by atoms with Crippen LogP contribution in [0.2, 0.25) is 0 Å². The lowest BCUT2D eigenvalue weighted by Crippen LogP contribution is -2.20. The van der Waals surface area contributed by atoms with Gasteiger partial charge in [-0.15, -0.1) is 24.5 Å². The van der Waals surface area contributed by atoms with Gasteiger partial charge in [-0.3, -0.25) is 0 Å². The fraction of sp³-hybridized carbons (Fsp3) is 0.250. The molecular weight excluding hydrogens is 277 g/mol. The van der Waals surface area contributed by atoms with Crippen LogP contribution in [0.3, 0.4) is 0 Å². The molecule has 2 rings (SSSR count). The van der Waals surface area contributed by atoms with Crippen LogP contribution in [0.4, 0.5) is 13.2 Å². The molecule has 0 aliphatic carbocycles. The van der Waals surface area contributed by atoms with Crippen LogP contribution in [0, 0.1) is 6.92 Å². The van der Waals surface area contributed by atoms with Gasteiger partial charge in [-0.25, -0.2) is 4.98 Å². The first-order chi connectivity index (χ1) is 8.88. The van der Waals surface area contributed by atoms with E-state index in [0.717, 1.165) is 4.88 Å². The highest BCUT2D eigenvalue weighted by atomic mass is 32.1. The van der Waals surface area contributed by atoms with E-state index >= 15 is 0 Å². The monoisotopic (exact) mass is 288 g/mol. The normalized spacial score (nSPS) is 13.3. The minimum absolute atomic E-state index is 0.282. The van der Waals surface area contributed by atoms with Gasteiger partial charge in [-0.2, -0.15) is 0 Å². The molecule has 0 saturated carbocycles. The number of halogens is 3. The molecule has 0 aliphatic heterocycles. The maximum atomic E-state index is 12.3. The van der Waals surface area contributed by atoms with Gasteiger partial charge in [-0.1, -0.05) is 18.2 Å². The van der Waals surface area contributed by atoms with Crippen LogP contribution >= 0.6 is 11.3 Å². The largest absolute Gasteiger partial charge is 0.573 e. The van der Waals surface area contributed by atoms with Crippen molar-refractivity contribution in [3.05, 3.63) is 45.9 Å². The molecule has 102 valence electrons. The number of nitrogens with zero attached hydrogens (tertiary/aromatic N) is 1. The van der Waals surface area contributed by atoms with Crippen LogP contribution in [-0.2, 0) is 0 Å². The van der Waals surface area contributed by atoms with Crippen molar-refractivity contribution >= 4 is 11.3 Å². The van der Waals surface area contributed by atoms with Crippen molar-refractivity contribution in [2.24, 2.45) is 5.73 Å². The van der Waals surface area contributed by atoms with Crippen LogP contribution in [0.5, 0.6) is 5.75 Å². The second kappa shape index (κ2) is 5.18. The number of rotatable bonds is 3. The second-order valence-corrected chi connectivity index (χ2v) is 4.75. The molecule has 2 aromatic rings. The molecule has 1 heterocycles. The van der Waals surface area contributed by atoms with E-state index in [0.29, 0.717) is 5.69 Å². The van der Waals surface area contributed by atoms with Crippen molar-refractivity contribution in [1.82, 2.24) is 4.98 Å². The van der Waals surface area contributed by atoms with Gasteiger partial charge in [0.05, 0.1) is 17.2 Å². The number of thiazole rings is 1. The Hall–Kier alpha value is -1.60. The van der Waals surface area contributed by atoms with Crippen molar-refractivity contribution in [2.75, 3.05) is 0 Å². The van der Waals surface area contributed by atoms with Crippen molar-refractivity contribution in [3.8, 4) is 5.75 Å². The third-order valence-electron chi connectivity index (χ3n) is 2.54. The Balaban J connectivity index is 2.37. The van der Waals surface area contributed by atoms with Gasteiger partial charge in [0.25, 0.3) is 0 Å². The van der Waals surface area contributed by atoms with Crippen LogP contribution < -0.4 is 10.5 Å². The highest BCUT2D eigenvalue weighted by Crippen LogP contribution is 2.34. The molecule has 1 aromatic heterocycles. The summed E-state index contributed by atoms with van der Waals surface area (Å²) in [4.78, 5) is 4.76. The summed E-state index contributed by atoms with van der Waals surface area (Å²) in [6.45, 7) is 1.76. The van der Waals surface area contributed by atoms with E-state index in [1.54, 1.807) is 18.5 Å². The molecule has 2 N–H and O–H groups in total. The zero-order chi connectivity index (χ0) is 14.0. The Bertz CT molecular complexity index is 568. The molecule has 0 radical (unpaired) electrons. The van der Waals surface area contributed by atoms with E-state index in [9.17, 15) is 13.2 Å². The van der Waals surface area contributed by atoms with E-state index in [-0.39, 0.29) is 11.3 Å². The van der Waals surface area contributed by atoms with Gasteiger partial charge in [0.2, 0.25) is 0 Å². The predicted molar refractivity (Wildman–Crippen MR) is 66.0 cm³/mol. The summed E-state index contributed by atoms with van der Waals surface area (Å²) in [6, 6.07) is 5.17. The number of para-hydroxylation sites is 1. The maximum Gasteiger partial charge on any atom is 0.573 e. The Morgan fingerprint density at radius 1 is 1.32 bits per heavy atom. The van der Waals surface area contributed by atoms with Gasteiger partial charge in [0, 0.05) is 10.4 Å². The first-order valence-electron chi connectivity index (χ1n) is 5.38. The topological polar surface area (TPSA) is 48.1 Å². The number of nitrogens with two attached hydrogens (primary N) is 1. The number of ether oxygens (including phenoxy) is 1. The van der Waals surface area contributed by atoms with Crippen molar-refractivity contribution in [1.29, 1.82) is 0 Å². The fourth-order valence-corrected chi connectivity index (χ4v) is 2.53. The highest BCUT2D eigenvalue weighted by Gasteiger charge is 2.33. The summed E-state index contributed by atoms with van der Waals surface area (Å²) in [5, 5.41) is 0. The molecule has 0 amide bonds. The van der Waals surface area contributed by atoms with E-state index < -0.39 is 12.4 Å². The lowest BCUT2D eigenvalue weighted by molar-refractivity contribution is -0.274. The molecule has 19 heavy (non-hydrogen) atoms. The van der Waals surface area contributed by atoms with Crippen molar-refractivity contribution in [2.45, 2.75) is 19.3 Å². The standard InChI is InChI=1S/C12H11F3N2OS/c1-7-11(19-6-17-7)10(16)8-4-2-3-5-9(8)18-12(13,14)15/h2-6,10H,16H2,1H3. The zero-order valence-electron chi connectivity index (χ0n) is 9.94. The molecule has 7 heteroatoms. The predicted octanol–water partition coefficient (Wildman–Crippen LogP) is 3.40. The molecular formula is C12H11F3N2OS. The van der Waals surface area contributed by atoms with Crippen LogP contribution in [-0.4, -0.2) is 11.3 Å². The molecule has 0 bridgehead atoms. The van der Waals surface area contributed by atoms with Crippen molar-refractivity contribution < 1.29 is 17.9 Å². The minimum Gasteiger partial charge on any atom is -0.405 e. The number of aryl methyl sites for hydroxylation is 1. The minimum atomic E-state index is -4.74. The Morgan fingerprint density at radius 2 is 2.00 bits per heavy atom. The van der Waals surface area contributed by atoms with Crippen LogP contribution in [0.15, 0.2) is 29.8 Å². The third kappa shape index (κ3) is 3.24. The van der Waals surface area contributed by atoms with E-state index in [4.69, 9.17) is 5.73 Å². The summed E-state index contributed by atoms with van der Waals surface area (Å²) < 4.78 is 41.0. The number of hydrogen-bond donors (Lipinski definition) is 1. The zero-order valence-corrected chi connectivity index (χ0v) is 10.8. The average molecular weight is 288 g/mol. The second-order valence-electron chi connectivity index (χ2n) is 3.87. The molecule has 0 saturated heterocycles. The lowest BCUT2D eigenvalue weighted by atomic mass is 10.0. The van der Waals surface area contributed by atoms with E-state index in [1.807, 2.05) is 0 Å². The highest BCUT2D eigenvalue weighted by molar-refractivity contribution is 7.09. The van der Waals surface area contributed by atoms with Gasteiger partial charge in [0.1, 0.15) is 5.75 Å². The van der Waals surface area contributed by atoms with E-state index in [1.165, 1.54) is 29.5 Å². The Kier molecular flexibility index (Phi) is 3.77. The summed E-state index contributed by atoms with van der Waals surface area (Å²) in [5.41, 5.74) is 8.61. The van der Waals surface area contributed by atoms with Crippen LogP contribution in [0.25, 0.3) is 0 Å². The SMILES string of the molecule is Cc1ncsc1C(N)c1ccccc1OC(F)(F)F. The quantitative estimate of drug-likeness (QED) is 0.941. The van der Waals surface area contributed by atoms with Gasteiger partial charge in [0.15, 0.2) is 0 Å². The summed E-state index contributed by atoms with van der Waals surface area (Å²) >= 11 is 1.31. The van der Waals surface area contributed by atoms with Gasteiger partial charge in [-0.05, 0) is 13.0 Å². The summed E-state index contributed by atoms with van der Waals surface area (Å²) in [7, 11) is 0. The molecule has 0 fully saturated rings. The third-order valence-corrected chi connectivity index (χ3v) is 3.56. The first kappa shape index (κ1) is 13.8. The van der Waals surface area contributed by atoms with Crippen molar-refractivity contribution in [3.63, 3.8) is 0 Å². The Labute approximate surface area is 111 Å². The summed E-state index contributed by atoms with van der Waals surface area (Å²) in [5.74, 6) is -0.282. The van der Waals surface area contributed by atoms with Gasteiger partial charge < -0.3 is 10.5 Å². The molecule has 1 unspecified atom stereocenters. The summed E-state index contributed by atoms with van der Waals surface area (Å²) in [6.07, 6.45) is -4.74. The fourth-order valence-electron chi connectivity index (χ4n) is 1.71. The maximum absolute atomic E-state index is 12.3. The number of aromatic nitrogens is 1. The molecule has 0 aliphatic rings. The lowest BCUT2D eigenvalue weighted by Gasteiger charge is -2.17. The molecule has 1 atom stereocenters. The van der Waals surface area contributed by atoms with E-state index in [2.05, 4.69) is 9.72 Å². The molecule has 1 aromatic carbocycles. The van der Waals surface area contributed by atoms with Crippen LogP contribution in [0.1, 0.15) is 22.2 Å². The average Bonchev–Trinajstić information content (AvgIpc) is 2.73. The Morgan fingerprint density at radius 3 is 2.58 bits per heavy atom. The van der Waals surface area contributed by atoms with Gasteiger partial charge >= 0.3 is 6.36 Å². The number of hydrogen-bond acceptors (Lipinski definition) is 4. The first-order valence-corrected chi connectivity index (χ1v) is 6.26. The number of alkyl halides is 3. The number of benzene rings is 1. The molecule has 0 spiro atoms. The molecule has 3 nitrogen and oxygen atoms in total.